The molecule has 0 spiro atoms. The zero-order valence-corrected chi connectivity index (χ0v) is 15.3. The van der Waals surface area contributed by atoms with Crippen LogP contribution < -0.4 is 16.0 Å². The number of anilines is 1. The van der Waals surface area contributed by atoms with Crippen LogP contribution in [0.25, 0.3) is 11.5 Å². The Balaban J connectivity index is 1.82. The highest BCUT2D eigenvalue weighted by atomic mass is 32.1. The molecule has 0 aliphatic heterocycles. The van der Waals surface area contributed by atoms with Crippen LogP contribution in [0.2, 0.25) is 0 Å². The number of aromatic nitrogens is 1. The number of carbonyl (C=O) groups excluding carboxylic acids is 3. The number of thiazole rings is 1. The fourth-order valence-corrected chi connectivity index (χ4v) is 2.62. The molecule has 9 nitrogen and oxygen atoms in total. The minimum absolute atomic E-state index is 0.106. The molecule has 3 amide bonds. The molecule has 2 heterocycles. The number of hydrogen-bond donors (Lipinski definition) is 3. The second kappa shape index (κ2) is 9.56. The molecule has 2 aromatic rings. The van der Waals surface area contributed by atoms with Crippen LogP contribution >= 0.6 is 11.3 Å². The second-order valence-corrected chi connectivity index (χ2v) is 6.02. The molecular weight excluding hydrogens is 360 g/mol. The molecule has 140 valence electrons. The largest absolute Gasteiger partial charge is 0.458 e. The normalized spacial score (nSPS) is 10.2. The van der Waals surface area contributed by atoms with Gasteiger partial charge in [-0.05, 0) is 19.1 Å². The third kappa shape index (κ3) is 6.20. The summed E-state index contributed by atoms with van der Waals surface area (Å²) in [5, 5.41) is 9.97. The summed E-state index contributed by atoms with van der Waals surface area (Å²) in [5.41, 5.74) is 0.587. The fraction of sp³-hybridized carbons (Fsp3) is 0.375. The quantitative estimate of drug-likeness (QED) is 0.645. The maximum Gasteiger partial charge on any atom is 0.407 e. The molecule has 0 atom stereocenters. The average molecular weight is 380 g/mol. The van der Waals surface area contributed by atoms with Crippen molar-refractivity contribution in [2.24, 2.45) is 0 Å². The van der Waals surface area contributed by atoms with Crippen molar-refractivity contribution >= 4 is 34.4 Å². The number of ether oxygens (including phenoxy) is 1. The predicted octanol–water partition coefficient (Wildman–Crippen LogP) is 2.11. The number of nitrogens with zero attached hydrogens (tertiary/aromatic N) is 1. The van der Waals surface area contributed by atoms with Gasteiger partial charge in [-0.2, -0.15) is 0 Å². The Morgan fingerprint density at radius 1 is 1.27 bits per heavy atom. The van der Waals surface area contributed by atoms with Gasteiger partial charge >= 0.3 is 6.09 Å². The van der Waals surface area contributed by atoms with E-state index in [1.807, 2.05) is 0 Å². The van der Waals surface area contributed by atoms with E-state index in [1.165, 1.54) is 18.3 Å². The number of hydrogen-bond acceptors (Lipinski definition) is 7. The van der Waals surface area contributed by atoms with Crippen LogP contribution in [0, 0.1) is 0 Å². The van der Waals surface area contributed by atoms with Crippen molar-refractivity contribution in [2.75, 3.05) is 18.5 Å². The van der Waals surface area contributed by atoms with Crippen molar-refractivity contribution in [3.8, 4) is 11.5 Å². The highest BCUT2D eigenvalue weighted by Gasteiger charge is 2.12. The summed E-state index contributed by atoms with van der Waals surface area (Å²) < 4.78 is 10.3. The molecule has 0 radical (unpaired) electrons. The molecule has 0 saturated heterocycles. The SMILES string of the molecule is CCOC(=O)NCCC(=O)Nc1nc(-c2ccc(CNC(C)=O)o2)cs1. The summed E-state index contributed by atoms with van der Waals surface area (Å²) in [6, 6.07) is 3.50. The first-order valence-electron chi connectivity index (χ1n) is 7.97. The minimum Gasteiger partial charge on any atom is -0.458 e. The van der Waals surface area contributed by atoms with Crippen LogP contribution in [-0.2, 0) is 20.9 Å². The molecule has 2 aromatic heterocycles. The Kier molecular flexibility index (Phi) is 7.15. The maximum absolute atomic E-state index is 11.9. The van der Waals surface area contributed by atoms with Crippen molar-refractivity contribution in [2.45, 2.75) is 26.8 Å². The van der Waals surface area contributed by atoms with Gasteiger partial charge in [-0.3, -0.25) is 9.59 Å². The Morgan fingerprint density at radius 2 is 2.08 bits per heavy atom. The van der Waals surface area contributed by atoms with Crippen LogP contribution in [0.3, 0.4) is 0 Å². The summed E-state index contributed by atoms with van der Waals surface area (Å²) in [6.45, 7) is 3.89. The lowest BCUT2D eigenvalue weighted by Gasteiger charge is -2.04. The van der Waals surface area contributed by atoms with E-state index >= 15 is 0 Å². The van der Waals surface area contributed by atoms with Crippen molar-refractivity contribution in [1.82, 2.24) is 15.6 Å². The van der Waals surface area contributed by atoms with Gasteiger partial charge in [0.15, 0.2) is 10.9 Å². The van der Waals surface area contributed by atoms with Gasteiger partial charge < -0.3 is 25.1 Å². The molecular formula is C16H20N4O5S. The smallest absolute Gasteiger partial charge is 0.407 e. The summed E-state index contributed by atoms with van der Waals surface area (Å²) in [4.78, 5) is 38.2. The van der Waals surface area contributed by atoms with Gasteiger partial charge in [0.1, 0.15) is 11.5 Å². The summed E-state index contributed by atoms with van der Waals surface area (Å²) in [5.74, 6) is 0.748. The third-order valence-electron chi connectivity index (χ3n) is 3.07. The number of amides is 3. The van der Waals surface area contributed by atoms with Crippen molar-refractivity contribution in [1.29, 1.82) is 0 Å². The van der Waals surface area contributed by atoms with Crippen LogP contribution in [0.5, 0.6) is 0 Å². The van der Waals surface area contributed by atoms with Crippen molar-refractivity contribution in [3.05, 3.63) is 23.3 Å². The van der Waals surface area contributed by atoms with Gasteiger partial charge in [-0.25, -0.2) is 9.78 Å². The molecule has 0 bridgehead atoms. The van der Waals surface area contributed by atoms with Gasteiger partial charge in [0.2, 0.25) is 11.8 Å². The lowest BCUT2D eigenvalue weighted by atomic mass is 10.3. The molecule has 0 aliphatic carbocycles. The van der Waals surface area contributed by atoms with E-state index in [1.54, 1.807) is 24.4 Å². The predicted molar refractivity (Wildman–Crippen MR) is 95.6 cm³/mol. The van der Waals surface area contributed by atoms with Crippen LogP contribution in [-0.4, -0.2) is 36.0 Å². The lowest BCUT2D eigenvalue weighted by molar-refractivity contribution is -0.119. The zero-order chi connectivity index (χ0) is 18.9. The molecule has 3 N–H and O–H groups in total. The van der Waals surface area contributed by atoms with Gasteiger partial charge in [0.25, 0.3) is 0 Å². The molecule has 0 fully saturated rings. The number of carbonyl (C=O) groups is 3. The van der Waals surface area contributed by atoms with Crippen molar-refractivity contribution < 1.29 is 23.5 Å². The van der Waals surface area contributed by atoms with E-state index < -0.39 is 6.09 Å². The summed E-state index contributed by atoms with van der Waals surface area (Å²) in [7, 11) is 0. The molecule has 26 heavy (non-hydrogen) atoms. The van der Waals surface area contributed by atoms with Gasteiger partial charge in [0, 0.05) is 25.3 Å². The molecule has 2 rings (SSSR count). The fourth-order valence-electron chi connectivity index (χ4n) is 1.91. The minimum atomic E-state index is -0.551. The first-order valence-corrected chi connectivity index (χ1v) is 8.85. The van der Waals surface area contributed by atoms with E-state index in [4.69, 9.17) is 9.15 Å². The molecule has 0 aromatic carbocycles. The van der Waals surface area contributed by atoms with Crippen molar-refractivity contribution in [3.63, 3.8) is 0 Å². The standard InChI is InChI=1S/C16H20N4O5S/c1-3-24-16(23)17-7-6-14(22)20-15-19-12(9-26-15)13-5-4-11(25-13)8-18-10(2)21/h4-5,9H,3,6-8H2,1-2H3,(H,17,23)(H,18,21)(H,19,20,22). The number of furan rings is 1. The van der Waals surface area contributed by atoms with Crippen LogP contribution in [0.1, 0.15) is 26.0 Å². The number of rotatable bonds is 8. The molecule has 10 heteroatoms. The Bertz CT molecular complexity index is 770. The highest BCUT2D eigenvalue weighted by Crippen LogP contribution is 2.26. The van der Waals surface area contributed by atoms with E-state index in [9.17, 15) is 14.4 Å². The third-order valence-corrected chi connectivity index (χ3v) is 3.83. The summed E-state index contributed by atoms with van der Waals surface area (Å²) in [6.07, 6.45) is -0.445. The highest BCUT2D eigenvalue weighted by molar-refractivity contribution is 7.14. The number of nitrogens with one attached hydrogen (secondary N) is 3. The number of alkyl carbamates (subject to hydrolysis) is 1. The molecule has 0 unspecified atom stereocenters. The first kappa shape index (κ1) is 19.4. The lowest BCUT2D eigenvalue weighted by Crippen LogP contribution is -2.28. The van der Waals surface area contributed by atoms with E-state index in [2.05, 4.69) is 20.9 Å². The zero-order valence-electron chi connectivity index (χ0n) is 14.5. The second-order valence-electron chi connectivity index (χ2n) is 5.16. The van der Waals surface area contributed by atoms with Crippen LogP contribution in [0.4, 0.5) is 9.93 Å². The van der Waals surface area contributed by atoms with E-state index in [0.29, 0.717) is 28.9 Å². The Hall–Kier alpha value is -2.88. The average Bonchev–Trinajstić information content (AvgIpc) is 3.22. The Morgan fingerprint density at radius 3 is 2.81 bits per heavy atom. The summed E-state index contributed by atoms with van der Waals surface area (Å²) >= 11 is 1.26. The molecule has 0 saturated carbocycles. The topological polar surface area (TPSA) is 123 Å². The maximum atomic E-state index is 11.9. The van der Waals surface area contributed by atoms with Crippen LogP contribution in [0.15, 0.2) is 21.9 Å². The monoisotopic (exact) mass is 380 g/mol. The van der Waals surface area contributed by atoms with Gasteiger partial charge in [0.05, 0.1) is 13.2 Å². The first-order chi connectivity index (χ1) is 12.5. The molecule has 0 aliphatic rings. The Labute approximate surface area is 154 Å². The van der Waals surface area contributed by atoms with Gasteiger partial charge in [-0.1, -0.05) is 0 Å². The van der Waals surface area contributed by atoms with E-state index in [-0.39, 0.29) is 31.4 Å². The van der Waals surface area contributed by atoms with Gasteiger partial charge in [-0.15, -0.1) is 11.3 Å². The van der Waals surface area contributed by atoms with E-state index in [0.717, 1.165) is 0 Å².